The van der Waals surface area contributed by atoms with Crippen LogP contribution >= 0.6 is 21.6 Å². The van der Waals surface area contributed by atoms with Crippen LogP contribution in [0.5, 0.6) is 11.5 Å². The Morgan fingerprint density at radius 2 is 1.12 bits per heavy atom. The summed E-state index contributed by atoms with van der Waals surface area (Å²) in [6.45, 7) is 3.67. The SMILES string of the molecule is CC(C)C[C@@H]1NC(=O)[C@H](Cc2ccc(O)cc2)NC(=O)[C@H](CCCN=C(N)N)NC(=O)C(CO)NC(=O)[C@H](Cc2ccc(O)cc2)NC(=O)[C@H](C)NC(=O)[C@@H]2CCCN2C(=O)[C@@H](N)CSSCC(C(=O)O)NC(=O)[C@H](CC(=O)O)NC1=O. The Morgan fingerprint density at radius 3 is 1.66 bits per heavy atom. The molecule has 0 spiro atoms. The van der Waals surface area contributed by atoms with Crippen LogP contribution in [-0.2, 0) is 65.6 Å². The molecule has 2 aliphatic heterocycles. The molecular formula is C51H73N13O16S2. The maximum atomic E-state index is 14.5. The number of nitrogens with two attached hydrogens (primary N) is 3. The van der Waals surface area contributed by atoms with Gasteiger partial charge in [0.1, 0.15) is 65.9 Å². The van der Waals surface area contributed by atoms with Crippen LogP contribution in [0.3, 0.4) is 0 Å². The van der Waals surface area contributed by atoms with E-state index >= 15 is 0 Å². The molecule has 0 aromatic heterocycles. The Morgan fingerprint density at radius 1 is 0.646 bits per heavy atom. The van der Waals surface area contributed by atoms with Crippen LogP contribution in [0.15, 0.2) is 53.5 Å². The van der Waals surface area contributed by atoms with E-state index in [1.807, 2.05) is 0 Å². The second-order valence-electron chi connectivity index (χ2n) is 20.0. The molecule has 10 atom stereocenters. The number of aliphatic hydroxyl groups is 1. The van der Waals surface area contributed by atoms with Crippen LogP contribution in [0, 0.1) is 5.92 Å². The van der Waals surface area contributed by atoms with Gasteiger partial charge < -0.3 is 90.2 Å². The van der Waals surface area contributed by atoms with Crippen LogP contribution in [0.25, 0.3) is 0 Å². The molecule has 450 valence electrons. The number of carboxylic acids is 2. The Labute approximate surface area is 479 Å². The molecule has 0 radical (unpaired) electrons. The Kier molecular flexibility index (Phi) is 26.4. The number of carbonyl (C=O) groups is 11. The lowest BCUT2D eigenvalue weighted by molar-refractivity contribution is -0.143. The average molecular weight is 1190 g/mol. The quantitative estimate of drug-likeness (QED) is 0.0373. The summed E-state index contributed by atoms with van der Waals surface area (Å²) in [6, 6.07) is -4.21. The molecule has 2 unspecified atom stereocenters. The van der Waals surface area contributed by atoms with E-state index in [1.54, 1.807) is 13.8 Å². The number of aromatic hydroxyl groups is 2. The molecule has 4 rings (SSSR count). The lowest BCUT2D eigenvalue weighted by atomic mass is 10.00. The van der Waals surface area contributed by atoms with E-state index in [1.165, 1.54) is 60.4 Å². The molecule has 82 heavy (non-hydrogen) atoms. The van der Waals surface area contributed by atoms with Gasteiger partial charge in [0.25, 0.3) is 0 Å². The van der Waals surface area contributed by atoms with Gasteiger partial charge in [0, 0.05) is 37.4 Å². The van der Waals surface area contributed by atoms with E-state index in [2.05, 4.69) is 47.5 Å². The van der Waals surface area contributed by atoms with E-state index in [4.69, 9.17) is 17.2 Å². The predicted molar refractivity (Wildman–Crippen MR) is 299 cm³/mol. The molecule has 2 saturated heterocycles. The van der Waals surface area contributed by atoms with Crippen molar-refractivity contribution in [2.45, 2.75) is 133 Å². The molecule has 19 N–H and O–H groups in total. The van der Waals surface area contributed by atoms with Crippen LogP contribution in [0.2, 0.25) is 0 Å². The number of nitrogens with one attached hydrogen (secondary N) is 8. The largest absolute Gasteiger partial charge is 0.508 e. The van der Waals surface area contributed by atoms with Crippen molar-refractivity contribution < 1.29 is 78.3 Å². The van der Waals surface area contributed by atoms with Crippen molar-refractivity contribution in [2.75, 3.05) is 31.2 Å². The highest BCUT2D eigenvalue weighted by Crippen LogP contribution is 2.25. The Balaban J connectivity index is 1.77. The van der Waals surface area contributed by atoms with Gasteiger partial charge in [-0.05, 0) is 80.3 Å². The van der Waals surface area contributed by atoms with Gasteiger partial charge in [-0.2, -0.15) is 0 Å². The number of hydrogen-bond acceptors (Lipinski definition) is 18. The first-order valence-corrected chi connectivity index (χ1v) is 28.7. The summed E-state index contributed by atoms with van der Waals surface area (Å²) in [6.07, 6.45) is -1.38. The van der Waals surface area contributed by atoms with Crippen molar-refractivity contribution in [3.63, 3.8) is 0 Å². The summed E-state index contributed by atoms with van der Waals surface area (Å²) in [7, 11) is 1.86. The number of aliphatic hydroxyl groups excluding tert-OH is 1. The van der Waals surface area contributed by atoms with Gasteiger partial charge in [0.2, 0.25) is 53.2 Å². The lowest BCUT2D eigenvalue weighted by Crippen LogP contribution is -2.61. The number of aliphatic carboxylic acids is 2. The highest BCUT2D eigenvalue weighted by atomic mass is 33.1. The number of guanidine groups is 1. The zero-order valence-corrected chi connectivity index (χ0v) is 47.0. The zero-order valence-electron chi connectivity index (χ0n) is 45.3. The fourth-order valence-corrected chi connectivity index (χ4v) is 10.8. The minimum Gasteiger partial charge on any atom is -0.508 e. The van der Waals surface area contributed by atoms with Crippen molar-refractivity contribution in [3.8, 4) is 11.5 Å². The number of nitrogens with zero attached hydrogens (tertiary/aromatic N) is 2. The van der Waals surface area contributed by atoms with E-state index < -0.39 is 139 Å². The molecular weight excluding hydrogens is 1110 g/mol. The van der Waals surface area contributed by atoms with Gasteiger partial charge in [-0.25, -0.2) is 4.79 Å². The van der Waals surface area contributed by atoms with Crippen LogP contribution in [0.4, 0.5) is 0 Å². The maximum Gasteiger partial charge on any atom is 0.327 e. The van der Waals surface area contributed by atoms with Gasteiger partial charge in [0.05, 0.1) is 19.1 Å². The third kappa shape index (κ3) is 21.5. The minimum atomic E-state index is -1.90. The summed E-state index contributed by atoms with van der Waals surface area (Å²) in [5, 5.41) is 70.0. The van der Waals surface area contributed by atoms with Gasteiger partial charge >= 0.3 is 11.9 Å². The van der Waals surface area contributed by atoms with Gasteiger partial charge in [-0.3, -0.25) is 52.9 Å². The number of fused-ring (bicyclic) bond motifs is 1. The van der Waals surface area contributed by atoms with Gasteiger partial charge in [-0.1, -0.05) is 59.7 Å². The molecule has 2 aromatic rings. The molecule has 9 amide bonds. The normalized spacial score (nSPS) is 25.7. The average Bonchev–Trinajstić information content (AvgIpc) is 3.92. The first-order chi connectivity index (χ1) is 38.8. The number of carboxylic acid groups (broad SMARTS) is 2. The number of amides is 9. The number of phenols is 2. The minimum absolute atomic E-state index is 0.0199. The summed E-state index contributed by atoms with van der Waals surface area (Å²) in [4.78, 5) is 156. The number of rotatable bonds is 14. The second kappa shape index (κ2) is 32.5. The summed E-state index contributed by atoms with van der Waals surface area (Å²) in [5.41, 5.74) is 18.1. The van der Waals surface area contributed by atoms with Gasteiger partial charge in [0.15, 0.2) is 5.96 Å². The Bertz CT molecular complexity index is 2630. The highest BCUT2D eigenvalue weighted by Gasteiger charge is 2.39. The molecule has 0 saturated carbocycles. The van der Waals surface area contributed by atoms with E-state index in [0.29, 0.717) is 17.5 Å². The lowest BCUT2D eigenvalue weighted by Gasteiger charge is -2.29. The molecule has 2 aromatic carbocycles. The zero-order chi connectivity index (χ0) is 60.8. The fraction of sp³-hybridized carbons (Fsp3) is 0.529. The molecule has 2 fully saturated rings. The van der Waals surface area contributed by atoms with Crippen LogP contribution < -0.4 is 59.7 Å². The first-order valence-electron chi connectivity index (χ1n) is 26.2. The monoisotopic (exact) mass is 1190 g/mol. The number of phenolic OH excluding ortho intramolecular Hbond substituents is 2. The molecule has 2 heterocycles. The molecule has 29 nitrogen and oxygen atoms in total. The topological polar surface area (TPSA) is 479 Å². The fourth-order valence-electron chi connectivity index (χ4n) is 8.51. The van der Waals surface area contributed by atoms with Crippen LogP contribution in [0.1, 0.15) is 70.4 Å². The number of carbonyl (C=O) groups excluding carboxylic acids is 9. The van der Waals surface area contributed by atoms with Crippen molar-refractivity contribution in [3.05, 3.63) is 59.7 Å². The second-order valence-corrected chi connectivity index (χ2v) is 22.5. The summed E-state index contributed by atoms with van der Waals surface area (Å²) < 4.78 is 0. The third-order valence-electron chi connectivity index (χ3n) is 12.9. The van der Waals surface area contributed by atoms with Crippen molar-refractivity contribution in [2.24, 2.45) is 28.1 Å². The van der Waals surface area contributed by atoms with Crippen LogP contribution in [-0.4, -0.2) is 193 Å². The van der Waals surface area contributed by atoms with Crippen molar-refractivity contribution in [1.82, 2.24) is 47.4 Å². The van der Waals surface area contributed by atoms with Crippen molar-refractivity contribution in [1.29, 1.82) is 0 Å². The predicted octanol–water partition coefficient (Wildman–Crippen LogP) is -3.85. The number of aliphatic imine (C=N–C) groups is 1. The third-order valence-corrected chi connectivity index (χ3v) is 15.3. The van der Waals surface area contributed by atoms with Crippen molar-refractivity contribution >= 4 is 92.7 Å². The summed E-state index contributed by atoms with van der Waals surface area (Å²) >= 11 is 0. The molecule has 31 heteroatoms. The first kappa shape index (κ1) is 66.6. The van der Waals surface area contributed by atoms with Gasteiger partial charge in [-0.15, -0.1) is 0 Å². The standard InChI is InChI=1S/C51H73N13O16S2/c1-25(2)18-33-43(72)61-36(21-40(68)69)46(75)63-38(50(79)80)24-82-81-23-31(52)49(78)64-17-5-7-39(64)48(77)56-26(3)41(70)58-34(19-27-8-12-29(66)13-9-27)45(74)62-37(22-65)47(76)57-32(6-4-16-55-51(53)54)42(71)60-35(44(73)59-33)20-28-10-14-30(67)15-11-28/h8-15,25-26,31-39,65-67H,4-7,16-24,52H2,1-3H3,(H,56,77)(H,57,76)(H,58,70)(H,59,73)(H,60,71)(H,61,72)(H,62,74)(H,63,75)(H,68,69)(H,79,80)(H4,53,54,55)/t26-,31-,32-,33-,34-,35-,36-,37?,38?,39-/m0/s1. The molecule has 2 aliphatic rings. The van der Waals surface area contributed by atoms with E-state index in [9.17, 15) is 78.3 Å². The van der Waals surface area contributed by atoms with E-state index in [-0.39, 0.29) is 86.5 Å². The van der Waals surface area contributed by atoms with E-state index in [0.717, 1.165) is 21.6 Å². The number of hydrogen-bond donors (Lipinski definition) is 16. The Hall–Kier alpha value is -7.90. The summed E-state index contributed by atoms with van der Waals surface area (Å²) in [5.74, 6) is -13.2. The maximum absolute atomic E-state index is 14.5. The number of benzene rings is 2. The smallest absolute Gasteiger partial charge is 0.327 e. The molecule has 0 bridgehead atoms. The molecule has 0 aliphatic carbocycles. The highest BCUT2D eigenvalue weighted by molar-refractivity contribution is 8.76.